The molecule has 0 aliphatic carbocycles. The third kappa shape index (κ3) is 2.46. The molecule has 0 fully saturated rings. The summed E-state index contributed by atoms with van der Waals surface area (Å²) in [6, 6.07) is 5.80. The Bertz CT molecular complexity index is 957. The number of fused-ring (bicyclic) bond motifs is 1. The highest BCUT2D eigenvalue weighted by Crippen LogP contribution is 2.27. The number of aryl methyl sites for hydroxylation is 1. The van der Waals surface area contributed by atoms with Crippen molar-refractivity contribution in [2.75, 3.05) is 0 Å². The van der Waals surface area contributed by atoms with Crippen LogP contribution in [0.2, 0.25) is 0 Å². The molecule has 3 aromatic rings. The van der Waals surface area contributed by atoms with Crippen molar-refractivity contribution in [3.05, 3.63) is 47.1 Å². The van der Waals surface area contributed by atoms with Crippen LogP contribution in [0.5, 0.6) is 0 Å². The van der Waals surface area contributed by atoms with Gasteiger partial charge in [0, 0.05) is 20.2 Å². The zero-order chi connectivity index (χ0) is 15.1. The molecule has 0 saturated carbocycles. The van der Waals surface area contributed by atoms with Gasteiger partial charge in [0.05, 0.1) is 0 Å². The highest BCUT2D eigenvalue weighted by Gasteiger charge is 2.14. The molecule has 0 aliphatic rings. The number of nitrogens with zero attached hydrogens (tertiary/aromatic N) is 2. The Labute approximate surface area is 140 Å². The molecule has 0 radical (unpaired) electrons. The highest BCUT2D eigenvalue weighted by atomic mass is 127. The van der Waals surface area contributed by atoms with E-state index in [0.717, 1.165) is 13.6 Å². The number of hydrogen-bond acceptors (Lipinski definition) is 3. The predicted molar refractivity (Wildman–Crippen MR) is 92.5 cm³/mol. The molecule has 0 spiro atoms. The molecule has 1 aromatic carbocycles. The normalized spacial score (nSPS) is 11.2. The van der Waals surface area contributed by atoms with E-state index in [1.165, 1.54) is 4.57 Å². The lowest BCUT2D eigenvalue weighted by molar-refractivity contribution is 0.720. The fourth-order valence-electron chi connectivity index (χ4n) is 2.14. The Balaban J connectivity index is 2.36. The summed E-state index contributed by atoms with van der Waals surface area (Å²) in [6.07, 6.45) is 0. The van der Waals surface area contributed by atoms with Gasteiger partial charge < -0.3 is 4.98 Å². The van der Waals surface area contributed by atoms with Crippen LogP contribution in [0.3, 0.4) is 0 Å². The van der Waals surface area contributed by atoms with Crippen LogP contribution < -0.4 is 11.2 Å². The average molecular weight is 461 g/mol. The first-order valence-electron chi connectivity index (χ1n) is 6.19. The van der Waals surface area contributed by atoms with Crippen molar-refractivity contribution in [2.45, 2.75) is 13.5 Å². The summed E-state index contributed by atoms with van der Waals surface area (Å²) >= 11 is 5.63. The maximum Gasteiger partial charge on any atom is 0.330 e. The molecule has 3 rings (SSSR count). The first kappa shape index (κ1) is 14.5. The summed E-state index contributed by atoms with van der Waals surface area (Å²) in [4.78, 5) is 33.5. The van der Waals surface area contributed by atoms with Crippen LogP contribution in [0, 0.1) is 3.57 Å². The van der Waals surface area contributed by atoms with E-state index in [2.05, 4.69) is 53.5 Å². The Morgan fingerprint density at radius 2 is 2.10 bits per heavy atom. The van der Waals surface area contributed by atoms with Gasteiger partial charge in [0.25, 0.3) is 5.56 Å². The van der Waals surface area contributed by atoms with Crippen molar-refractivity contribution in [1.29, 1.82) is 0 Å². The lowest BCUT2D eigenvalue weighted by Gasteiger charge is -2.01. The van der Waals surface area contributed by atoms with E-state index in [9.17, 15) is 9.59 Å². The topological polar surface area (TPSA) is 83.5 Å². The van der Waals surface area contributed by atoms with Crippen LogP contribution in [-0.4, -0.2) is 19.5 Å². The van der Waals surface area contributed by atoms with Gasteiger partial charge in [0.2, 0.25) is 0 Å². The number of aromatic amines is 2. The fourth-order valence-corrected chi connectivity index (χ4v) is 3.09. The van der Waals surface area contributed by atoms with Gasteiger partial charge in [-0.05, 0) is 47.7 Å². The molecule has 0 bridgehead atoms. The summed E-state index contributed by atoms with van der Waals surface area (Å²) in [5.41, 5.74) is 0.648. The van der Waals surface area contributed by atoms with Gasteiger partial charge in [-0.1, -0.05) is 15.9 Å². The molecular formula is C13H10BrIN4O2. The molecule has 2 N–H and O–H groups in total. The molecule has 2 heterocycles. The molecule has 0 unspecified atom stereocenters. The van der Waals surface area contributed by atoms with Crippen LogP contribution >= 0.6 is 38.5 Å². The molecule has 0 atom stereocenters. The number of H-pyrrole nitrogens is 2. The van der Waals surface area contributed by atoms with Gasteiger partial charge in [-0.15, -0.1) is 0 Å². The van der Waals surface area contributed by atoms with Crippen molar-refractivity contribution in [3.63, 3.8) is 0 Å². The van der Waals surface area contributed by atoms with Crippen molar-refractivity contribution in [2.24, 2.45) is 0 Å². The van der Waals surface area contributed by atoms with E-state index in [1.54, 1.807) is 0 Å². The Kier molecular flexibility index (Phi) is 3.74. The number of rotatable bonds is 2. The van der Waals surface area contributed by atoms with Gasteiger partial charge in [-0.3, -0.25) is 14.3 Å². The van der Waals surface area contributed by atoms with E-state index in [1.807, 2.05) is 25.1 Å². The quantitative estimate of drug-likeness (QED) is 0.576. The summed E-state index contributed by atoms with van der Waals surface area (Å²) < 4.78 is 3.35. The molecule has 0 saturated heterocycles. The van der Waals surface area contributed by atoms with Crippen LogP contribution in [0.4, 0.5) is 0 Å². The van der Waals surface area contributed by atoms with Crippen LogP contribution in [0.25, 0.3) is 22.6 Å². The Hall–Kier alpha value is -1.42. The summed E-state index contributed by atoms with van der Waals surface area (Å²) in [6.45, 7) is 2.27. The third-order valence-corrected chi connectivity index (χ3v) is 4.57. The van der Waals surface area contributed by atoms with Crippen LogP contribution in [0.15, 0.2) is 32.3 Å². The minimum absolute atomic E-state index is 0.308. The first-order valence-corrected chi connectivity index (χ1v) is 8.06. The molecule has 21 heavy (non-hydrogen) atoms. The van der Waals surface area contributed by atoms with Crippen LogP contribution in [0.1, 0.15) is 6.92 Å². The molecule has 0 aliphatic heterocycles. The van der Waals surface area contributed by atoms with Gasteiger partial charge in [0.15, 0.2) is 5.65 Å². The smallest absolute Gasteiger partial charge is 0.330 e. The molecule has 0 amide bonds. The number of hydrogen-bond donors (Lipinski definition) is 2. The summed E-state index contributed by atoms with van der Waals surface area (Å²) in [5.74, 6) is 0.564. The SMILES string of the molecule is CCn1c(=O)[nH]c(=O)c2[nH]c(-c3cc(Br)ccc3I)nc21. The molecular weight excluding hydrogens is 451 g/mol. The fraction of sp³-hybridized carbons (Fsp3) is 0.154. The maximum atomic E-state index is 11.9. The van der Waals surface area contributed by atoms with E-state index in [-0.39, 0.29) is 0 Å². The van der Waals surface area contributed by atoms with Crippen LogP contribution in [-0.2, 0) is 6.54 Å². The molecule has 108 valence electrons. The Morgan fingerprint density at radius 3 is 2.81 bits per heavy atom. The van der Waals surface area contributed by atoms with Gasteiger partial charge >= 0.3 is 5.69 Å². The minimum atomic E-state index is -0.455. The summed E-state index contributed by atoms with van der Waals surface area (Å²) in [7, 11) is 0. The molecule has 2 aromatic heterocycles. The standard InChI is InChI=1S/C13H10BrIN4O2/c1-2-19-11-9(12(20)18-13(19)21)16-10(17-11)7-5-6(14)3-4-8(7)15/h3-5H,2H2,1H3,(H,16,17)(H,18,20,21). The van der Waals surface area contributed by atoms with Crippen molar-refractivity contribution >= 4 is 49.7 Å². The van der Waals surface area contributed by atoms with E-state index in [4.69, 9.17) is 0 Å². The predicted octanol–water partition coefficient (Wildman–Crippen LogP) is 2.47. The number of benzene rings is 1. The second kappa shape index (κ2) is 5.41. The minimum Gasteiger partial charge on any atom is -0.332 e. The van der Waals surface area contributed by atoms with Gasteiger partial charge in [-0.25, -0.2) is 9.78 Å². The number of imidazole rings is 1. The zero-order valence-corrected chi connectivity index (χ0v) is 14.6. The van der Waals surface area contributed by atoms with Gasteiger partial charge in [-0.2, -0.15) is 0 Å². The monoisotopic (exact) mass is 460 g/mol. The summed E-state index contributed by atoms with van der Waals surface area (Å²) in [5, 5.41) is 0. The first-order chi connectivity index (χ1) is 10.0. The maximum absolute atomic E-state index is 11.9. The van der Waals surface area contributed by atoms with E-state index >= 15 is 0 Å². The third-order valence-electron chi connectivity index (χ3n) is 3.13. The zero-order valence-electron chi connectivity index (χ0n) is 10.9. The molecule has 6 nitrogen and oxygen atoms in total. The highest BCUT2D eigenvalue weighted by molar-refractivity contribution is 14.1. The van der Waals surface area contributed by atoms with E-state index < -0.39 is 11.2 Å². The Morgan fingerprint density at radius 1 is 1.33 bits per heavy atom. The van der Waals surface area contributed by atoms with Crippen molar-refractivity contribution in [3.8, 4) is 11.4 Å². The molecule has 8 heteroatoms. The lowest BCUT2D eigenvalue weighted by Crippen LogP contribution is -2.29. The lowest BCUT2D eigenvalue weighted by atomic mass is 10.2. The second-order valence-electron chi connectivity index (χ2n) is 4.41. The van der Waals surface area contributed by atoms with E-state index in [0.29, 0.717) is 23.5 Å². The number of nitrogens with one attached hydrogen (secondary N) is 2. The van der Waals surface area contributed by atoms with Crippen molar-refractivity contribution < 1.29 is 0 Å². The second-order valence-corrected chi connectivity index (χ2v) is 6.49. The number of aromatic nitrogens is 4. The van der Waals surface area contributed by atoms with Crippen molar-refractivity contribution in [1.82, 2.24) is 19.5 Å². The number of halogens is 2. The van der Waals surface area contributed by atoms with Gasteiger partial charge in [0.1, 0.15) is 11.3 Å². The largest absolute Gasteiger partial charge is 0.332 e. The average Bonchev–Trinajstić information content (AvgIpc) is 2.87.